The summed E-state index contributed by atoms with van der Waals surface area (Å²) < 4.78 is 5.51. The lowest BCUT2D eigenvalue weighted by atomic mass is 9.92. The number of ether oxygens (including phenoxy) is 1. The van der Waals surface area contributed by atoms with Gasteiger partial charge in [-0.1, -0.05) is 48.5 Å². The second kappa shape index (κ2) is 13.8. The lowest BCUT2D eigenvalue weighted by Gasteiger charge is -2.38. The summed E-state index contributed by atoms with van der Waals surface area (Å²) in [6.07, 6.45) is -0.614. The topological polar surface area (TPSA) is 108 Å². The van der Waals surface area contributed by atoms with Crippen LogP contribution in [0.15, 0.2) is 60.7 Å². The van der Waals surface area contributed by atoms with Crippen molar-refractivity contribution in [1.82, 2.24) is 10.2 Å². The molecule has 0 bridgehead atoms. The van der Waals surface area contributed by atoms with Crippen molar-refractivity contribution in [3.05, 3.63) is 94.0 Å². The second-order valence-corrected chi connectivity index (χ2v) is 12.4. The fourth-order valence-electron chi connectivity index (χ4n) is 5.24. The molecule has 0 aliphatic heterocycles. The maximum Gasteiger partial charge on any atom is 0.408 e. The Labute approximate surface area is 255 Å². The summed E-state index contributed by atoms with van der Waals surface area (Å²) in [5.74, 6) is -0.690. The first-order valence-corrected chi connectivity index (χ1v) is 14.6. The normalized spacial score (nSPS) is 12.8. The minimum atomic E-state index is -1.05. The number of carbonyl (C=O) groups is 3. The number of phenols is 1. The molecule has 3 amide bonds. The van der Waals surface area contributed by atoms with Gasteiger partial charge in [0.25, 0.3) is 5.91 Å². The summed E-state index contributed by atoms with van der Waals surface area (Å²) in [6, 6.07) is 15.6. The molecule has 230 valence electrons. The predicted molar refractivity (Wildman–Crippen MR) is 170 cm³/mol. The minimum absolute atomic E-state index is 0.0915. The van der Waals surface area contributed by atoms with Crippen molar-refractivity contribution in [1.29, 1.82) is 0 Å². The van der Waals surface area contributed by atoms with E-state index >= 15 is 0 Å². The molecule has 0 heterocycles. The SMILES string of the molecule is Cc1cccc(C)c1NC(=O)C(c1c(C)cccc1C)N(C(=O)C(Cc1ccc(O)cc1)NC(=O)OC(C)(C)C)C(C)C. The van der Waals surface area contributed by atoms with Gasteiger partial charge in [0.1, 0.15) is 23.4 Å². The third-order valence-electron chi connectivity index (χ3n) is 7.25. The van der Waals surface area contributed by atoms with Crippen molar-refractivity contribution in [2.45, 2.75) is 92.5 Å². The molecule has 2 unspecified atom stereocenters. The number of hydrogen-bond acceptors (Lipinski definition) is 5. The van der Waals surface area contributed by atoms with Gasteiger partial charge in [0.15, 0.2) is 0 Å². The molecule has 43 heavy (non-hydrogen) atoms. The molecule has 0 aliphatic carbocycles. The fourth-order valence-corrected chi connectivity index (χ4v) is 5.24. The van der Waals surface area contributed by atoms with Gasteiger partial charge >= 0.3 is 6.09 Å². The van der Waals surface area contributed by atoms with Gasteiger partial charge < -0.3 is 25.4 Å². The Morgan fingerprint density at radius 3 is 1.84 bits per heavy atom. The number of para-hydroxylation sites is 1. The molecule has 0 fully saturated rings. The van der Waals surface area contributed by atoms with Crippen LogP contribution in [-0.4, -0.2) is 45.6 Å². The Hall–Kier alpha value is -4.33. The van der Waals surface area contributed by atoms with Crippen molar-refractivity contribution < 1.29 is 24.2 Å². The van der Waals surface area contributed by atoms with E-state index < -0.39 is 35.7 Å². The van der Waals surface area contributed by atoms with Crippen LogP contribution in [0.25, 0.3) is 0 Å². The van der Waals surface area contributed by atoms with Crippen LogP contribution < -0.4 is 10.6 Å². The summed E-state index contributed by atoms with van der Waals surface area (Å²) in [5.41, 5.74) is 4.94. The first-order valence-electron chi connectivity index (χ1n) is 14.6. The highest BCUT2D eigenvalue weighted by atomic mass is 16.6. The summed E-state index contributed by atoms with van der Waals surface area (Å²) in [6.45, 7) is 16.7. The molecule has 2 atom stereocenters. The number of carbonyl (C=O) groups excluding carboxylic acids is 3. The predicted octanol–water partition coefficient (Wildman–Crippen LogP) is 6.68. The van der Waals surface area contributed by atoms with Gasteiger partial charge in [0, 0.05) is 18.2 Å². The van der Waals surface area contributed by atoms with E-state index in [0.717, 1.165) is 33.4 Å². The molecular formula is C35H45N3O5. The minimum Gasteiger partial charge on any atom is -0.508 e. The van der Waals surface area contributed by atoms with Crippen LogP contribution in [-0.2, 0) is 20.7 Å². The molecule has 3 rings (SSSR count). The fraction of sp³-hybridized carbons (Fsp3) is 0.400. The highest BCUT2D eigenvalue weighted by molar-refractivity contribution is 6.00. The van der Waals surface area contributed by atoms with E-state index in [0.29, 0.717) is 5.69 Å². The Morgan fingerprint density at radius 1 is 0.837 bits per heavy atom. The van der Waals surface area contributed by atoms with Gasteiger partial charge in [-0.25, -0.2) is 4.79 Å². The van der Waals surface area contributed by atoms with E-state index in [1.807, 2.05) is 77.9 Å². The zero-order valence-corrected chi connectivity index (χ0v) is 26.7. The summed E-state index contributed by atoms with van der Waals surface area (Å²) in [4.78, 5) is 43.5. The van der Waals surface area contributed by atoms with Crippen LogP contribution in [0.5, 0.6) is 5.75 Å². The number of hydrogen-bond donors (Lipinski definition) is 3. The molecular weight excluding hydrogens is 542 g/mol. The van der Waals surface area contributed by atoms with E-state index in [-0.39, 0.29) is 18.1 Å². The van der Waals surface area contributed by atoms with E-state index in [9.17, 15) is 19.5 Å². The van der Waals surface area contributed by atoms with Gasteiger partial charge in [-0.05, 0) is 108 Å². The number of nitrogens with one attached hydrogen (secondary N) is 2. The molecule has 0 spiro atoms. The third kappa shape index (κ3) is 8.60. The standard InChI is InChI=1S/C35H45N3O5/c1-21(2)38(33(41)28(36-34(42)43-35(7,8)9)20-26-16-18-27(39)19-17-26)31(29-22(3)12-10-13-23(29)4)32(40)37-30-24(5)14-11-15-25(30)6/h10-19,21,28,31,39H,20H2,1-9H3,(H,36,42)(H,37,40). The number of amides is 3. The average molecular weight is 588 g/mol. The zero-order valence-electron chi connectivity index (χ0n) is 26.7. The first kappa shape index (κ1) is 33.2. The van der Waals surface area contributed by atoms with Crippen molar-refractivity contribution in [2.24, 2.45) is 0 Å². The van der Waals surface area contributed by atoms with Crippen LogP contribution in [0.2, 0.25) is 0 Å². The van der Waals surface area contributed by atoms with Crippen molar-refractivity contribution >= 4 is 23.6 Å². The number of benzene rings is 3. The van der Waals surface area contributed by atoms with Crippen LogP contribution >= 0.6 is 0 Å². The second-order valence-electron chi connectivity index (χ2n) is 12.4. The number of alkyl carbamates (subject to hydrolysis) is 1. The van der Waals surface area contributed by atoms with Crippen molar-refractivity contribution in [3.63, 3.8) is 0 Å². The maximum atomic E-state index is 14.6. The Balaban J connectivity index is 2.14. The van der Waals surface area contributed by atoms with E-state index in [2.05, 4.69) is 10.6 Å². The van der Waals surface area contributed by atoms with Crippen molar-refractivity contribution in [3.8, 4) is 5.75 Å². The number of rotatable bonds is 9. The quantitative estimate of drug-likeness (QED) is 0.259. The molecule has 0 saturated heterocycles. The van der Waals surface area contributed by atoms with Gasteiger partial charge in [-0.3, -0.25) is 9.59 Å². The molecule has 3 N–H and O–H groups in total. The van der Waals surface area contributed by atoms with E-state index in [1.54, 1.807) is 37.8 Å². The Kier molecular flexibility index (Phi) is 10.6. The number of phenolic OH excluding ortho intramolecular Hbond substituents is 1. The molecule has 0 aliphatic rings. The largest absolute Gasteiger partial charge is 0.508 e. The van der Waals surface area contributed by atoms with Crippen LogP contribution in [0.4, 0.5) is 10.5 Å². The van der Waals surface area contributed by atoms with Gasteiger partial charge in [-0.15, -0.1) is 0 Å². The van der Waals surface area contributed by atoms with E-state index in [4.69, 9.17) is 4.74 Å². The number of aromatic hydroxyl groups is 1. The summed E-state index contributed by atoms with van der Waals surface area (Å²) in [7, 11) is 0. The highest BCUT2D eigenvalue weighted by Gasteiger charge is 2.39. The summed E-state index contributed by atoms with van der Waals surface area (Å²) in [5, 5.41) is 15.7. The van der Waals surface area contributed by atoms with E-state index in [1.165, 1.54) is 12.1 Å². The zero-order chi connectivity index (χ0) is 32.1. The molecule has 3 aromatic rings. The van der Waals surface area contributed by atoms with Gasteiger partial charge in [0.05, 0.1) is 0 Å². The molecule has 3 aromatic carbocycles. The lowest BCUT2D eigenvalue weighted by Crippen LogP contribution is -2.55. The Morgan fingerprint density at radius 2 is 1.35 bits per heavy atom. The average Bonchev–Trinajstić information content (AvgIpc) is 2.89. The highest BCUT2D eigenvalue weighted by Crippen LogP contribution is 2.32. The van der Waals surface area contributed by atoms with Crippen molar-refractivity contribution in [2.75, 3.05) is 5.32 Å². The summed E-state index contributed by atoms with van der Waals surface area (Å²) >= 11 is 0. The number of aryl methyl sites for hydroxylation is 4. The number of nitrogens with zero attached hydrogens (tertiary/aromatic N) is 1. The first-order chi connectivity index (χ1) is 20.1. The molecule has 8 nitrogen and oxygen atoms in total. The lowest BCUT2D eigenvalue weighted by molar-refractivity contribution is -0.143. The van der Waals surface area contributed by atoms with Crippen LogP contribution in [0.3, 0.4) is 0 Å². The monoisotopic (exact) mass is 587 g/mol. The molecule has 0 aromatic heterocycles. The van der Waals surface area contributed by atoms with Gasteiger partial charge in [0.2, 0.25) is 5.91 Å². The molecule has 0 radical (unpaired) electrons. The van der Waals surface area contributed by atoms with Crippen LogP contribution in [0.1, 0.15) is 74.0 Å². The third-order valence-corrected chi connectivity index (χ3v) is 7.25. The smallest absolute Gasteiger partial charge is 0.408 e. The molecule has 0 saturated carbocycles. The Bertz CT molecular complexity index is 1420. The van der Waals surface area contributed by atoms with Gasteiger partial charge in [-0.2, -0.15) is 0 Å². The molecule has 8 heteroatoms. The number of anilines is 1. The van der Waals surface area contributed by atoms with Crippen LogP contribution in [0, 0.1) is 27.7 Å². The maximum absolute atomic E-state index is 14.6.